The van der Waals surface area contributed by atoms with Crippen LogP contribution >= 0.6 is 0 Å². The van der Waals surface area contributed by atoms with Crippen molar-refractivity contribution in [3.63, 3.8) is 0 Å². The molecule has 0 aliphatic heterocycles. The van der Waals surface area contributed by atoms with Crippen LogP contribution in [0.1, 0.15) is 6.42 Å². The summed E-state index contributed by atoms with van der Waals surface area (Å²) in [7, 11) is 3.61. The van der Waals surface area contributed by atoms with Crippen LogP contribution in [0, 0.1) is 6.92 Å². The van der Waals surface area contributed by atoms with Gasteiger partial charge in [0.25, 0.3) is 0 Å². The van der Waals surface area contributed by atoms with E-state index in [-0.39, 0.29) is 11.9 Å². The highest BCUT2D eigenvalue weighted by atomic mass is 16.1. The number of hydrogen-bond acceptors (Lipinski definition) is 2. The van der Waals surface area contributed by atoms with Gasteiger partial charge in [0.1, 0.15) is 0 Å². The molecule has 0 spiro atoms. The zero-order valence-corrected chi connectivity index (χ0v) is 5.92. The van der Waals surface area contributed by atoms with Gasteiger partial charge in [-0.15, -0.1) is 0 Å². The molecule has 3 heteroatoms. The normalized spacial score (nSPS) is 13.8. The fourth-order valence-electron chi connectivity index (χ4n) is 0.655. The lowest BCUT2D eigenvalue weighted by atomic mass is 10.2. The zero-order chi connectivity index (χ0) is 7.44. The summed E-state index contributed by atoms with van der Waals surface area (Å²) in [5.74, 6) is -0.310. The molecule has 1 amide bonds. The molecule has 0 aromatic carbocycles. The molecule has 0 aromatic rings. The van der Waals surface area contributed by atoms with Gasteiger partial charge in [0.15, 0.2) is 0 Å². The Morgan fingerprint density at radius 1 is 1.78 bits per heavy atom. The van der Waals surface area contributed by atoms with Crippen LogP contribution in [0.5, 0.6) is 0 Å². The lowest BCUT2D eigenvalue weighted by Crippen LogP contribution is -2.39. The fourth-order valence-corrected chi connectivity index (χ4v) is 0.655. The standard InChI is InChI=1S/C6H13N2O/c1-4-5(6(7)9)8(2)3/h5H,1,4H2,2-3H3,(H2,7,9). The number of carbonyl (C=O) groups excluding carboxylic acids is 1. The second-order valence-electron chi connectivity index (χ2n) is 2.17. The van der Waals surface area contributed by atoms with E-state index in [1.807, 2.05) is 0 Å². The van der Waals surface area contributed by atoms with Crippen LogP contribution in [-0.4, -0.2) is 30.9 Å². The largest absolute Gasteiger partial charge is 0.368 e. The van der Waals surface area contributed by atoms with Gasteiger partial charge in [-0.25, -0.2) is 0 Å². The Morgan fingerprint density at radius 2 is 2.22 bits per heavy atom. The highest BCUT2D eigenvalue weighted by Gasteiger charge is 2.13. The molecular weight excluding hydrogens is 116 g/mol. The Kier molecular flexibility index (Phi) is 3.24. The van der Waals surface area contributed by atoms with Crippen LogP contribution in [0.2, 0.25) is 0 Å². The van der Waals surface area contributed by atoms with Gasteiger partial charge in [-0.2, -0.15) is 0 Å². The van der Waals surface area contributed by atoms with Gasteiger partial charge in [-0.05, 0) is 20.5 Å². The summed E-state index contributed by atoms with van der Waals surface area (Å²) in [4.78, 5) is 12.3. The minimum Gasteiger partial charge on any atom is -0.368 e. The predicted molar refractivity (Wildman–Crippen MR) is 36.6 cm³/mol. The maximum Gasteiger partial charge on any atom is 0.234 e. The summed E-state index contributed by atoms with van der Waals surface area (Å²) in [5.41, 5.74) is 5.03. The lowest BCUT2D eigenvalue weighted by molar-refractivity contribution is -0.122. The molecule has 0 saturated heterocycles. The van der Waals surface area contributed by atoms with Crippen LogP contribution in [0.4, 0.5) is 0 Å². The summed E-state index contributed by atoms with van der Waals surface area (Å²) >= 11 is 0. The third-order valence-corrected chi connectivity index (χ3v) is 1.23. The van der Waals surface area contributed by atoms with Crippen molar-refractivity contribution in [2.75, 3.05) is 14.1 Å². The number of nitrogens with zero attached hydrogens (tertiary/aromatic N) is 1. The highest BCUT2D eigenvalue weighted by Crippen LogP contribution is 1.95. The van der Waals surface area contributed by atoms with Crippen LogP contribution in [0.25, 0.3) is 0 Å². The summed E-state index contributed by atoms with van der Waals surface area (Å²) in [6.45, 7) is 3.59. The first-order chi connectivity index (χ1) is 4.09. The molecule has 0 rings (SSSR count). The summed E-state index contributed by atoms with van der Waals surface area (Å²) in [6, 6.07) is -0.218. The van der Waals surface area contributed by atoms with Gasteiger partial charge < -0.3 is 5.73 Å². The first-order valence-corrected chi connectivity index (χ1v) is 2.84. The number of rotatable bonds is 3. The number of nitrogens with two attached hydrogens (primary N) is 1. The predicted octanol–water partition coefficient (Wildman–Crippen LogP) is -0.374. The van der Waals surface area contributed by atoms with Crippen molar-refractivity contribution in [3.8, 4) is 0 Å². The van der Waals surface area contributed by atoms with Crippen LogP contribution < -0.4 is 5.73 Å². The van der Waals surface area contributed by atoms with Crippen LogP contribution in [-0.2, 0) is 4.79 Å². The first-order valence-electron chi connectivity index (χ1n) is 2.84. The van der Waals surface area contributed by atoms with E-state index in [1.54, 1.807) is 19.0 Å². The molecule has 2 N–H and O–H groups in total. The maximum atomic E-state index is 10.5. The summed E-state index contributed by atoms with van der Waals surface area (Å²) < 4.78 is 0. The molecule has 1 radical (unpaired) electrons. The molecule has 0 saturated carbocycles. The second kappa shape index (κ2) is 3.45. The Labute approximate surface area is 55.8 Å². The summed E-state index contributed by atoms with van der Waals surface area (Å²) in [5, 5.41) is 0. The van der Waals surface area contributed by atoms with Crippen molar-refractivity contribution < 1.29 is 4.79 Å². The van der Waals surface area contributed by atoms with Gasteiger partial charge in [-0.3, -0.25) is 9.69 Å². The molecule has 53 valence electrons. The Morgan fingerprint density at radius 3 is 2.22 bits per heavy atom. The van der Waals surface area contributed by atoms with Crippen molar-refractivity contribution >= 4 is 5.91 Å². The average molecular weight is 129 g/mol. The van der Waals surface area contributed by atoms with E-state index < -0.39 is 0 Å². The van der Waals surface area contributed by atoms with Crippen LogP contribution in [0.15, 0.2) is 0 Å². The monoisotopic (exact) mass is 129 g/mol. The second-order valence-corrected chi connectivity index (χ2v) is 2.17. The van der Waals surface area contributed by atoms with E-state index in [2.05, 4.69) is 6.92 Å². The van der Waals surface area contributed by atoms with Crippen molar-refractivity contribution in [2.45, 2.75) is 12.5 Å². The third kappa shape index (κ3) is 2.46. The van der Waals surface area contributed by atoms with E-state index in [0.717, 1.165) is 0 Å². The molecule has 0 fully saturated rings. The van der Waals surface area contributed by atoms with Gasteiger partial charge in [0, 0.05) is 0 Å². The minimum absolute atomic E-state index is 0.218. The molecule has 3 nitrogen and oxygen atoms in total. The average Bonchev–Trinajstić information content (AvgIpc) is 1.64. The number of amides is 1. The number of primary amides is 1. The van der Waals surface area contributed by atoms with Crippen LogP contribution in [0.3, 0.4) is 0 Å². The molecule has 9 heavy (non-hydrogen) atoms. The number of hydrogen-bond donors (Lipinski definition) is 1. The van der Waals surface area contributed by atoms with E-state index in [0.29, 0.717) is 6.42 Å². The molecular formula is C6H13N2O. The van der Waals surface area contributed by atoms with Crippen molar-refractivity contribution in [3.05, 3.63) is 6.92 Å². The van der Waals surface area contributed by atoms with Gasteiger partial charge in [0.2, 0.25) is 5.91 Å². The lowest BCUT2D eigenvalue weighted by Gasteiger charge is -2.18. The molecule has 0 aliphatic carbocycles. The molecule has 1 atom stereocenters. The Hall–Kier alpha value is -0.570. The van der Waals surface area contributed by atoms with Gasteiger partial charge in [-0.1, -0.05) is 6.92 Å². The molecule has 0 bridgehead atoms. The number of carbonyl (C=O) groups is 1. The molecule has 0 aliphatic rings. The number of likely N-dealkylation sites (N-methyl/N-ethyl adjacent to an activating group) is 1. The minimum atomic E-state index is -0.310. The maximum absolute atomic E-state index is 10.5. The van der Waals surface area contributed by atoms with E-state index in [1.165, 1.54) is 0 Å². The van der Waals surface area contributed by atoms with Crippen molar-refractivity contribution in [1.82, 2.24) is 4.90 Å². The third-order valence-electron chi connectivity index (χ3n) is 1.23. The Bertz CT molecular complexity index is 101. The fraction of sp³-hybridized carbons (Fsp3) is 0.667. The molecule has 0 heterocycles. The Balaban J connectivity index is 3.83. The van der Waals surface area contributed by atoms with Crippen molar-refractivity contribution in [1.29, 1.82) is 0 Å². The van der Waals surface area contributed by atoms with E-state index in [4.69, 9.17) is 5.73 Å². The van der Waals surface area contributed by atoms with Crippen molar-refractivity contribution in [2.24, 2.45) is 5.73 Å². The van der Waals surface area contributed by atoms with Gasteiger partial charge >= 0.3 is 0 Å². The van der Waals surface area contributed by atoms with E-state index in [9.17, 15) is 4.79 Å². The van der Waals surface area contributed by atoms with Gasteiger partial charge in [0.05, 0.1) is 6.04 Å². The smallest absolute Gasteiger partial charge is 0.234 e. The molecule has 1 unspecified atom stereocenters. The molecule has 0 aromatic heterocycles. The SMILES string of the molecule is [CH2]CC(C(N)=O)N(C)C. The van der Waals surface area contributed by atoms with E-state index >= 15 is 0 Å². The quantitative estimate of drug-likeness (QED) is 0.565. The highest BCUT2D eigenvalue weighted by molar-refractivity contribution is 5.79. The topological polar surface area (TPSA) is 46.3 Å². The zero-order valence-electron chi connectivity index (χ0n) is 5.92. The first kappa shape index (κ1) is 8.43. The summed E-state index contributed by atoms with van der Waals surface area (Å²) in [6.07, 6.45) is 0.530.